The second-order valence-corrected chi connectivity index (χ2v) is 5.77. The zero-order valence-corrected chi connectivity index (χ0v) is 11.1. The normalized spacial score (nSPS) is 38.0. The largest absolute Gasteiger partial charge is 0.461 e. The first-order valence-corrected chi connectivity index (χ1v) is 7.12. The molecular weight excluding hydrogens is 214 g/mol. The summed E-state index contributed by atoms with van der Waals surface area (Å²) in [6, 6.07) is 0. The lowest BCUT2D eigenvalue weighted by Crippen LogP contribution is -2.49. The Labute approximate surface area is 104 Å². The van der Waals surface area contributed by atoms with Crippen molar-refractivity contribution in [3.8, 4) is 0 Å². The monoisotopic (exact) mass is 239 g/mol. The second-order valence-electron chi connectivity index (χ2n) is 5.77. The van der Waals surface area contributed by atoms with Gasteiger partial charge in [0.15, 0.2) is 0 Å². The van der Waals surface area contributed by atoms with E-state index >= 15 is 0 Å². The molecule has 0 amide bonds. The highest BCUT2D eigenvalue weighted by Gasteiger charge is 2.41. The summed E-state index contributed by atoms with van der Waals surface area (Å²) in [5, 5.41) is 3.35. The molecule has 0 bridgehead atoms. The van der Waals surface area contributed by atoms with Crippen molar-refractivity contribution in [1.82, 2.24) is 5.32 Å². The molecule has 1 N–H and O–H groups in total. The van der Waals surface area contributed by atoms with Crippen molar-refractivity contribution in [3.05, 3.63) is 0 Å². The number of nitrogens with one attached hydrogen (secondary N) is 1. The third-order valence-corrected chi connectivity index (χ3v) is 4.40. The minimum atomic E-state index is -0.374. The van der Waals surface area contributed by atoms with Gasteiger partial charge in [-0.25, -0.2) is 0 Å². The summed E-state index contributed by atoms with van der Waals surface area (Å²) in [5.41, 5.74) is -0.374. The minimum absolute atomic E-state index is 0.00315. The van der Waals surface area contributed by atoms with E-state index in [1.54, 1.807) is 0 Å². The quantitative estimate of drug-likeness (QED) is 0.769. The molecule has 17 heavy (non-hydrogen) atoms. The number of hydrogen-bond donors (Lipinski definition) is 1. The van der Waals surface area contributed by atoms with Crippen molar-refractivity contribution in [3.63, 3.8) is 0 Å². The lowest BCUT2D eigenvalue weighted by atomic mass is 9.88. The molecule has 98 valence electrons. The summed E-state index contributed by atoms with van der Waals surface area (Å²) in [6.45, 7) is 5.27. The van der Waals surface area contributed by atoms with Gasteiger partial charge in [0.25, 0.3) is 0 Å². The zero-order valence-electron chi connectivity index (χ0n) is 11.1. The fourth-order valence-corrected chi connectivity index (χ4v) is 3.18. The molecule has 1 aliphatic carbocycles. The molecule has 0 aromatic heterocycles. The molecule has 3 heteroatoms. The molecule has 0 aromatic carbocycles. The van der Waals surface area contributed by atoms with Gasteiger partial charge in [-0.15, -0.1) is 0 Å². The first-order valence-electron chi connectivity index (χ1n) is 7.12. The van der Waals surface area contributed by atoms with Crippen LogP contribution in [-0.2, 0) is 9.53 Å². The van der Waals surface area contributed by atoms with Crippen molar-refractivity contribution in [1.29, 1.82) is 0 Å². The third kappa shape index (κ3) is 2.82. The van der Waals surface area contributed by atoms with Crippen LogP contribution in [0.1, 0.15) is 58.8 Å². The van der Waals surface area contributed by atoms with E-state index in [1.807, 2.05) is 0 Å². The molecule has 3 unspecified atom stereocenters. The van der Waals surface area contributed by atoms with Gasteiger partial charge in [-0.1, -0.05) is 20.3 Å². The molecule has 3 atom stereocenters. The summed E-state index contributed by atoms with van der Waals surface area (Å²) < 4.78 is 5.74. The van der Waals surface area contributed by atoms with Gasteiger partial charge in [0.2, 0.25) is 0 Å². The van der Waals surface area contributed by atoms with Gasteiger partial charge >= 0.3 is 5.97 Å². The van der Waals surface area contributed by atoms with Gasteiger partial charge in [0.1, 0.15) is 11.6 Å². The fourth-order valence-electron chi connectivity index (χ4n) is 3.18. The number of esters is 1. The zero-order chi connectivity index (χ0) is 12.3. The van der Waals surface area contributed by atoms with Crippen LogP contribution in [0.5, 0.6) is 0 Å². The molecule has 3 nitrogen and oxygen atoms in total. The van der Waals surface area contributed by atoms with Crippen LogP contribution in [0.3, 0.4) is 0 Å². The SMILES string of the molecule is CCC1(C(=O)OC2CCCC(C)C2)CCCN1. The van der Waals surface area contributed by atoms with E-state index in [9.17, 15) is 4.79 Å². The van der Waals surface area contributed by atoms with Gasteiger partial charge < -0.3 is 10.1 Å². The fraction of sp³-hybridized carbons (Fsp3) is 0.929. The first kappa shape index (κ1) is 12.9. The smallest absolute Gasteiger partial charge is 0.326 e. The lowest BCUT2D eigenvalue weighted by Gasteiger charge is -2.31. The highest BCUT2D eigenvalue weighted by atomic mass is 16.5. The molecule has 1 heterocycles. The number of hydrogen-bond acceptors (Lipinski definition) is 3. The summed E-state index contributed by atoms with van der Waals surface area (Å²) >= 11 is 0. The van der Waals surface area contributed by atoms with E-state index in [-0.39, 0.29) is 17.6 Å². The van der Waals surface area contributed by atoms with E-state index in [2.05, 4.69) is 19.2 Å². The Morgan fingerprint density at radius 2 is 2.24 bits per heavy atom. The van der Waals surface area contributed by atoms with Gasteiger partial charge in [0.05, 0.1) is 0 Å². The summed E-state index contributed by atoms with van der Waals surface area (Å²) in [5.74, 6) is 0.701. The summed E-state index contributed by atoms with van der Waals surface area (Å²) in [4.78, 5) is 12.3. The lowest BCUT2D eigenvalue weighted by molar-refractivity contribution is -0.159. The molecule has 2 rings (SSSR count). The van der Waals surface area contributed by atoms with Crippen LogP contribution >= 0.6 is 0 Å². The average molecular weight is 239 g/mol. The van der Waals surface area contributed by atoms with Crippen LogP contribution in [0.25, 0.3) is 0 Å². The van der Waals surface area contributed by atoms with Gasteiger partial charge in [-0.3, -0.25) is 4.79 Å². The van der Waals surface area contributed by atoms with Crippen molar-refractivity contribution >= 4 is 5.97 Å². The Morgan fingerprint density at radius 1 is 1.41 bits per heavy atom. The molecule has 2 fully saturated rings. The Bertz CT molecular complexity index is 271. The average Bonchev–Trinajstić information content (AvgIpc) is 2.78. The summed E-state index contributed by atoms with van der Waals surface area (Å²) in [7, 11) is 0. The Kier molecular flexibility index (Phi) is 4.08. The topological polar surface area (TPSA) is 38.3 Å². The van der Waals surface area contributed by atoms with Crippen molar-refractivity contribution in [2.45, 2.75) is 70.4 Å². The first-order chi connectivity index (χ1) is 8.16. The Morgan fingerprint density at radius 3 is 2.82 bits per heavy atom. The van der Waals surface area contributed by atoms with Crippen LogP contribution in [-0.4, -0.2) is 24.2 Å². The maximum Gasteiger partial charge on any atom is 0.326 e. The van der Waals surface area contributed by atoms with Crippen LogP contribution in [0, 0.1) is 5.92 Å². The van der Waals surface area contributed by atoms with Crippen molar-refractivity contribution in [2.24, 2.45) is 5.92 Å². The second kappa shape index (κ2) is 5.38. The number of carbonyl (C=O) groups excluding carboxylic acids is 1. The van der Waals surface area contributed by atoms with Crippen molar-refractivity contribution in [2.75, 3.05) is 6.54 Å². The molecule has 1 saturated heterocycles. The molecule has 0 aromatic rings. The Balaban J connectivity index is 1.91. The van der Waals surface area contributed by atoms with Gasteiger partial charge in [-0.05, 0) is 51.0 Å². The number of carbonyl (C=O) groups is 1. The van der Waals surface area contributed by atoms with Gasteiger partial charge in [0, 0.05) is 0 Å². The van der Waals surface area contributed by atoms with E-state index in [1.165, 1.54) is 12.8 Å². The van der Waals surface area contributed by atoms with E-state index in [4.69, 9.17) is 4.74 Å². The molecule has 1 saturated carbocycles. The maximum atomic E-state index is 12.3. The molecule has 0 radical (unpaired) electrons. The van der Waals surface area contributed by atoms with Crippen LogP contribution < -0.4 is 5.32 Å². The summed E-state index contributed by atoms with van der Waals surface area (Å²) in [6.07, 6.45) is 7.61. The van der Waals surface area contributed by atoms with Crippen molar-refractivity contribution < 1.29 is 9.53 Å². The van der Waals surface area contributed by atoms with Crippen LogP contribution in [0.4, 0.5) is 0 Å². The Hall–Kier alpha value is -0.570. The number of ether oxygens (including phenoxy) is 1. The predicted octanol–water partition coefficient (Wildman–Crippen LogP) is 2.64. The molecule has 1 aliphatic heterocycles. The molecular formula is C14H25NO2. The molecule has 0 spiro atoms. The van der Waals surface area contributed by atoms with E-state index in [0.717, 1.165) is 38.6 Å². The van der Waals surface area contributed by atoms with Gasteiger partial charge in [-0.2, -0.15) is 0 Å². The maximum absolute atomic E-state index is 12.3. The van der Waals surface area contributed by atoms with E-state index in [0.29, 0.717) is 5.92 Å². The van der Waals surface area contributed by atoms with Crippen LogP contribution in [0.2, 0.25) is 0 Å². The van der Waals surface area contributed by atoms with Crippen LogP contribution in [0.15, 0.2) is 0 Å². The third-order valence-electron chi connectivity index (χ3n) is 4.40. The highest BCUT2D eigenvalue weighted by Crippen LogP contribution is 2.29. The standard InChI is InChI=1S/C14H25NO2/c1-3-14(8-5-9-15-14)13(16)17-12-7-4-6-11(2)10-12/h11-12,15H,3-10H2,1-2H3. The minimum Gasteiger partial charge on any atom is -0.461 e. The van der Waals surface area contributed by atoms with E-state index < -0.39 is 0 Å². The molecule has 2 aliphatic rings. The number of rotatable bonds is 3. The predicted molar refractivity (Wildman–Crippen MR) is 67.8 cm³/mol. The highest BCUT2D eigenvalue weighted by molar-refractivity contribution is 5.81.